The standard InChI is InChI=1S/C29H31N3O2S2/c1-22-6-10-24(11-7-22)20-32-28(21-35-29(32)30-26-14-8-23(2)9-15-26)25-12-16-27(17-13-25)36(33,34)31-18-4-3-5-19-31/h6-17,21H,3-5,18-20H2,1-2H3. The van der Waals surface area contributed by atoms with Gasteiger partial charge in [0.25, 0.3) is 0 Å². The van der Waals surface area contributed by atoms with Gasteiger partial charge in [-0.15, -0.1) is 11.3 Å². The van der Waals surface area contributed by atoms with E-state index in [1.54, 1.807) is 27.8 Å². The summed E-state index contributed by atoms with van der Waals surface area (Å²) < 4.78 is 30.0. The molecule has 5 nitrogen and oxygen atoms in total. The molecule has 0 aliphatic carbocycles. The van der Waals surface area contributed by atoms with Gasteiger partial charge in [0, 0.05) is 18.5 Å². The number of nitrogens with zero attached hydrogens (tertiary/aromatic N) is 3. The van der Waals surface area contributed by atoms with Crippen LogP contribution >= 0.6 is 11.3 Å². The molecule has 0 atom stereocenters. The van der Waals surface area contributed by atoms with Gasteiger partial charge in [-0.1, -0.05) is 66.1 Å². The van der Waals surface area contributed by atoms with Crippen molar-refractivity contribution in [3.63, 3.8) is 0 Å². The lowest BCUT2D eigenvalue weighted by Gasteiger charge is -2.25. The summed E-state index contributed by atoms with van der Waals surface area (Å²) in [5.41, 5.74) is 6.52. The third kappa shape index (κ3) is 5.38. The van der Waals surface area contributed by atoms with Gasteiger partial charge in [-0.25, -0.2) is 13.4 Å². The molecule has 0 unspecified atom stereocenters. The third-order valence-electron chi connectivity index (χ3n) is 6.62. The molecule has 1 aromatic heterocycles. The van der Waals surface area contributed by atoms with E-state index in [4.69, 9.17) is 4.99 Å². The maximum Gasteiger partial charge on any atom is 0.243 e. The van der Waals surface area contributed by atoms with E-state index in [1.807, 2.05) is 24.3 Å². The second-order valence-corrected chi connectivity index (χ2v) is 12.2. The summed E-state index contributed by atoms with van der Waals surface area (Å²) in [6.45, 7) is 6.05. The fourth-order valence-corrected chi connectivity index (χ4v) is 6.91. The van der Waals surface area contributed by atoms with Crippen molar-refractivity contribution < 1.29 is 8.42 Å². The third-order valence-corrected chi connectivity index (χ3v) is 9.40. The predicted molar refractivity (Wildman–Crippen MR) is 147 cm³/mol. The summed E-state index contributed by atoms with van der Waals surface area (Å²) in [7, 11) is -3.45. The normalized spacial score (nSPS) is 15.3. The Morgan fingerprint density at radius 1 is 0.806 bits per heavy atom. The van der Waals surface area contributed by atoms with Crippen LogP contribution in [-0.2, 0) is 16.6 Å². The van der Waals surface area contributed by atoms with Crippen LogP contribution in [0.2, 0.25) is 0 Å². The number of rotatable bonds is 6. The van der Waals surface area contributed by atoms with Crippen molar-refractivity contribution in [3.05, 3.63) is 99.7 Å². The maximum atomic E-state index is 13.1. The highest BCUT2D eigenvalue weighted by Crippen LogP contribution is 2.26. The van der Waals surface area contributed by atoms with E-state index in [2.05, 4.69) is 60.2 Å². The first-order chi connectivity index (χ1) is 17.4. The van der Waals surface area contributed by atoms with Crippen LogP contribution in [0.15, 0.2) is 88.1 Å². The van der Waals surface area contributed by atoms with Crippen LogP contribution in [0.1, 0.15) is 36.0 Å². The molecule has 0 radical (unpaired) electrons. The second-order valence-electron chi connectivity index (χ2n) is 9.41. The average molecular weight is 518 g/mol. The molecule has 2 heterocycles. The number of benzene rings is 3. The number of hydrogen-bond acceptors (Lipinski definition) is 4. The first kappa shape index (κ1) is 24.7. The number of piperidine rings is 1. The summed E-state index contributed by atoms with van der Waals surface area (Å²) in [4.78, 5) is 6.20. The van der Waals surface area contributed by atoms with Gasteiger partial charge in [-0.05, 0) is 62.1 Å². The largest absolute Gasteiger partial charge is 0.312 e. The van der Waals surface area contributed by atoms with E-state index in [1.165, 1.54) is 16.7 Å². The van der Waals surface area contributed by atoms with Crippen molar-refractivity contribution in [1.82, 2.24) is 8.87 Å². The smallest absolute Gasteiger partial charge is 0.243 e. The molecule has 186 valence electrons. The zero-order valence-electron chi connectivity index (χ0n) is 20.7. The van der Waals surface area contributed by atoms with Crippen molar-refractivity contribution in [2.45, 2.75) is 44.6 Å². The van der Waals surface area contributed by atoms with Crippen LogP contribution in [0.4, 0.5) is 5.69 Å². The predicted octanol–water partition coefficient (Wildman–Crippen LogP) is 6.29. The minimum absolute atomic E-state index is 0.359. The lowest BCUT2D eigenvalue weighted by atomic mass is 10.1. The molecule has 7 heteroatoms. The quantitative estimate of drug-likeness (QED) is 0.302. The topological polar surface area (TPSA) is 54.7 Å². The lowest BCUT2D eigenvalue weighted by molar-refractivity contribution is 0.346. The van der Waals surface area contributed by atoms with Crippen molar-refractivity contribution >= 4 is 27.0 Å². The lowest BCUT2D eigenvalue weighted by Crippen LogP contribution is -2.35. The molecule has 4 aromatic rings. The number of hydrogen-bond donors (Lipinski definition) is 0. The Labute approximate surface area is 217 Å². The van der Waals surface area contributed by atoms with Crippen LogP contribution in [0.5, 0.6) is 0 Å². The minimum Gasteiger partial charge on any atom is -0.312 e. The Morgan fingerprint density at radius 2 is 1.42 bits per heavy atom. The van der Waals surface area contributed by atoms with E-state index in [9.17, 15) is 8.42 Å². The minimum atomic E-state index is -3.45. The van der Waals surface area contributed by atoms with Crippen LogP contribution in [0, 0.1) is 13.8 Å². The number of sulfonamides is 1. The van der Waals surface area contributed by atoms with E-state index in [-0.39, 0.29) is 0 Å². The fraction of sp³-hybridized carbons (Fsp3) is 0.276. The van der Waals surface area contributed by atoms with Crippen LogP contribution in [0.25, 0.3) is 11.3 Å². The molecule has 0 saturated carbocycles. The first-order valence-electron chi connectivity index (χ1n) is 12.4. The molecule has 1 aliphatic heterocycles. The van der Waals surface area contributed by atoms with Crippen molar-refractivity contribution in [1.29, 1.82) is 0 Å². The summed E-state index contributed by atoms with van der Waals surface area (Å²) in [5, 5.41) is 2.11. The van der Waals surface area contributed by atoms with Crippen LogP contribution in [0.3, 0.4) is 0 Å². The monoisotopic (exact) mass is 517 g/mol. The molecule has 1 fully saturated rings. The van der Waals surface area contributed by atoms with Crippen LogP contribution in [-0.4, -0.2) is 30.4 Å². The molecular weight excluding hydrogens is 486 g/mol. The SMILES string of the molecule is Cc1ccc(Cn2c(-c3ccc(S(=O)(=O)N4CCCCC4)cc3)csc2=Nc2ccc(C)cc2)cc1. The Bertz CT molecular complexity index is 1490. The van der Waals surface area contributed by atoms with Crippen molar-refractivity contribution in [2.75, 3.05) is 13.1 Å². The van der Waals surface area contributed by atoms with Gasteiger partial charge in [0.05, 0.1) is 22.8 Å². The average Bonchev–Trinajstić information content (AvgIpc) is 3.29. The Balaban J connectivity index is 1.53. The summed E-state index contributed by atoms with van der Waals surface area (Å²) >= 11 is 1.59. The Kier molecular flexibility index (Phi) is 7.23. The summed E-state index contributed by atoms with van der Waals surface area (Å²) in [5.74, 6) is 0. The molecule has 36 heavy (non-hydrogen) atoms. The number of aromatic nitrogens is 1. The van der Waals surface area contributed by atoms with Gasteiger partial charge < -0.3 is 4.57 Å². The van der Waals surface area contributed by atoms with Gasteiger partial charge in [-0.2, -0.15) is 4.31 Å². The van der Waals surface area contributed by atoms with Crippen molar-refractivity contribution in [3.8, 4) is 11.3 Å². The van der Waals surface area contributed by atoms with Gasteiger partial charge in [0.2, 0.25) is 10.0 Å². The van der Waals surface area contributed by atoms with Crippen LogP contribution < -0.4 is 4.80 Å². The zero-order valence-corrected chi connectivity index (χ0v) is 22.4. The summed E-state index contributed by atoms with van der Waals surface area (Å²) in [6, 6.07) is 24.1. The molecule has 0 bridgehead atoms. The van der Waals surface area contributed by atoms with Crippen molar-refractivity contribution in [2.24, 2.45) is 4.99 Å². The highest BCUT2D eigenvalue weighted by atomic mass is 32.2. The van der Waals surface area contributed by atoms with E-state index in [0.717, 1.165) is 41.0 Å². The van der Waals surface area contributed by atoms with Gasteiger partial charge >= 0.3 is 0 Å². The first-order valence-corrected chi connectivity index (χ1v) is 14.7. The Hall–Kier alpha value is -3.00. The van der Waals surface area contributed by atoms with Gasteiger partial charge in [-0.3, -0.25) is 0 Å². The molecule has 0 spiro atoms. The highest BCUT2D eigenvalue weighted by molar-refractivity contribution is 7.89. The summed E-state index contributed by atoms with van der Waals surface area (Å²) in [6.07, 6.45) is 2.96. The molecule has 0 amide bonds. The molecule has 1 aliphatic rings. The van der Waals surface area contributed by atoms with Gasteiger partial charge in [0.1, 0.15) is 0 Å². The number of thiazole rings is 1. The molecule has 3 aromatic carbocycles. The highest BCUT2D eigenvalue weighted by Gasteiger charge is 2.25. The molecule has 5 rings (SSSR count). The van der Waals surface area contributed by atoms with E-state index in [0.29, 0.717) is 24.5 Å². The van der Waals surface area contributed by atoms with Gasteiger partial charge in [0.15, 0.2) is 4.80 Å². The molecule has 0 N–H and O–H groups in total. The zero-order chi connectivity index (χ0) is 25.1. The maximum absolute atomic E-state index is 13.1. The number of aryl methyl sites for hydroxylation is 2. The fourth-order valence-electron chi connectivity index (χ4n) is 4.46. The molecule has 1 saturated heterocycles. The second kappa shape index (κ2) is 10.5. The van der Waals surface area contributed by atoms with E-state index >= 15 is 0 Å². The Morgan fingerprint density at radius 3 is 2.06 bits per heavy atom. The van der Waals surface area contributed by atoms with E-state index < -0.39 is 10.0 Å². The molecular formula is C29H31N3O2S2.